The lowest BCUT2D eigenvalue weighted by atomic mass is 9.91. The first kappa shape index (κ1) is 36.8. The van der Waals surface area contributed by atoms with Crippen LogP contribution in [-0.4, -0.2) is 59.2 Å². The first-order valence-electron chi connectivity index (χ1n) is 15.1. The molecule has 1 aromatic carbocycles. The molecule has 0 fully saturated rings. The molecule has 0 aliphatic heterocycles. The summed E-state index contributed by atoms with van der Waals surface area (Å²) in [5.74, 6) is 1.08. The monoisotopic (exact) mass is 654 g/mol. The van der Waals surface area contributed by atoms with Crippen molar-refractivity contribution in [2.45, 2.75) is 65.2 Å². The van der Waals surface area contributed by atoms with E-state index in [0.717, 1.165) is 27.5 Å². The molecule has 0 saturated heterocycles. The van der Waals surface area contributed by atoms with Gasteiger partial charge < -0.3 is 24.6 Å². The van der Waals surface area contributed by atoms with E-state index in [1.54, 1.807) is 25.1 Å². The number of carboxylic acid groups (broad SMARTS) is 1. The van der Waals surface area contributed by atoms with Gasteiger partial charge in [0.1, 0.15) is 17.5 Å². The van der Waals surface area contributed by atoms with Crippen LogP contribution in [0, 0.1) is 32.1 Å². The molecule has 0 radical (unpaired) electrons. The van der Waals surface area contributed by atoms with Crippen LogP contribution >= 0.6 is 0 Å². The van der Waals surface area contributed by atoms with Gasteiger partial charge in [-0.15, -0.1) is 6.42 Å². The third-order valence-electron chi connectivity index (χ3n) is 7.89. The molecule has 2 heterocycles. The van der Waals surface area contributed by atoms with Crippen LogP contribution in [0.3, 0.4) is 0 Å². The highest BCUT2D eigenvalue weighted by Gasteiger charge is 2.36. The number of aliphatic carboxylic acids is 1. The van der Waals surface area contributed by atoms with Crippen molar-refractivity contribution in [3.8, 4) is 29.2 Å². The summed E-state index contributed by atoms with van der Waals surface area (Å²) >= 11 is 0. The maximum Gasteiger partial charge on any atom is 0.416 e. The number of benzene rings is 1. The molecule has 252 valence electrons. The second-order valence-corrected chi connectivity index (χ2v) is 12.2. The number of carbonyl (C=O) groups excluding carboxylic acids is 1. The van der Waals surface area contributed by atoms with Crippen LogP contribution in [0.5, 0.6) is 5.75 Å². The van der Waals surface area contributed by atoms with Gasteiger partial charge in [-0.3, -0.25) is 14.4 Å². The lowest BCUT2D eigenvalue weighted by Gasteiger charge is -2.26. The fourth-order valence-electron chi connectivity index (χ4n) is 5.57. The predicted molar refractivity (Wildman–Crippen MR) is 173 cm³/mol. The zero-order valence-electron chi connectivity index (χ0n) is 27.7. The first-order chi connectivity index (χ1) is 22.0. The van der Waals surface area contributed by atoms with Crippen molar-refractivity contribution < 1.29 is 32.6 Å². The standard InChI is InChI=1S/C35H41F3N4O5/c1-9-27-25(33-21(4)10-11-30(47-8)22(33)5)15-24(18-39-27)28(17-32(44)45)40-34(46)29(14-20(2)3)42-19-23(12-13-41(6)7)26(16-31(42)43)35(36,37)38/h1,10-11,15-16,18-20,28-29H,12-14,17H2,2-8H3,(H,40,46)(H,44,45)/t28-,29+/m1/s1. The van der Waals surface area contributed by atoms with E-state index in [1.165, 1.54) is 13.3 Å². The lowest BCUT2D eigenvalue weighted by Crippen LogP contribution is -2.40. The van der Waals surface area contributed by atoms with Gasteiger partial charge in [-0.1, -0.05) is 19.9 Å². The van der Waals surface area contributed by atoms with Crippen molar-refractivity contribution >= 4 is 11.9 Å². The number of nitrogens with zero attached hydrogens (tertiary/aromatic N) is 3. The van der Waals surface area contributed by atoms with Crippen molar-refractivity contribution in [2.24, 2.45) is 5.92 Å². The van der Waals surface area contributed by atoms with Crippen LogP contribution < -0.4 is 15.6 Å². The number of halogens is 3. The number of aromatic nitrogens is 2. The Morgan fingerprint density at radius 3 is 2.43 bits per heavy atom. The fourth-order valence-corrected chi connectivity index (χ4v) is 5.57. The van der Waals surface area contributed by atoms with Crippen LogP contribution in [0.2, 0.25) is 0 Å². The zero-order chi connectivity index (χ0) is 35.2. The van der Waals surface area contributed by atoms with E-state index in [1.807, 2.05) is 39.8 Å². The summed E-state index contributed by atoms with van der Waals surface area (Å²) in [6, 6.07) is 3.53. The van der Waals surface area contributed by atoms with E-state index in [-0.39, 0.29) is 30.9 Å². The van der Waals surface area contributed by atoms with Gasteiger partial charge >= 0.3 is 12.1 Å². The number of hydrogen-bond donors (Lipinski definition) is 2. The lowest BCUT2D eigenvalue weighted by molar-refractivity contribution is -0.139. The minimum Gasteiger partial charge on any atom is -0.496 e. The number of carbonyl (C=O) groups is 2. The Kier molecular flexibility index (Phi) is 12.0. The van der Waals surface area contributed by atoms with Crippen molar-refractivity contribution in [3.05, 3.63) is 80.5 Å². The number of nitrogens with one attached hydrogen (secondary N) is 1. The summed E-state index contributed by atoms with van der Waals surface area (Å²) in [6.07, 6.45) is 3.06. The smallest absolute Gasteiger partial charge is 0.416 e. The highest BCUT2D eigenvalue weighted by atomic mass is 19.4. The van der Waals surface area contributed by atoms with Crippen molar-refractivity contribution in [1.29, 1.82) is 0 Å². The number of amides is 1. The van der Waals surface area contributed by atoms with E-state index < -0.39 is 47.7 Å². The predicted octanol–water partition coefficient (Wildman–Crippen LogP) is 5.56. The molecule has 0 bridgehead atoms. The van der Waals surface area contributed by atoms with Gasteiger partial charge in [0.05, 0.1) is 25.1 Å². The highest BCUT2D eigenvalue weighted by molar-refractivity contribution is 5.82. The van der Waals surface area contributed by atoms with E-state index in [9.17, 15) is 32.7 Å². The summed E-state index contributed by atoms with van der Waals surface area (Å²) in [5, 5.41) is 12.6. The van der Waals surface area contributed by atoms with E-state index >= 15 is 0 Å². The summed E-state index contributed by atoms with van der Waals surface area (Å²) in [5.41, 5.74) is 1.39. The van der Waals surface area contributed by atoms with Gasteiger partial charge in [-0.05, 0) is 92.6 Å². The molecule has 0 unspecified atom stereocenters. The average Bonchev–Trinajstić information content (AvgIpc) is 2.98. The molecule has 2 N–H and O–H groups in total. The van der Waals surface area contributed by atoms with Gasteiger partial charge in [0.25, 0.3) is 5.56 Å². The third kappa shape index (κ3) is 9.01. The molecule has 2 aromatic heterocycles. The van der Waals surface area contributed by atoms with Crippen LogP contribution in [0.25, 0.3) is 11.1 Å². The number of terminal acetylenes is 1. The number of ether oxygens (including phenoxy) is 1. The molecule has 0 aliphatic rings. The Morgan fingerprint density at radius 2 is 1.87 bits per heavy atom. The number of likely N-dealkylation sites (N-methyl/N-ethyl adjacent to an activating group) is 1. The Balaban J connectivity index is 2.14. The fraction of sp³-hybridized carbons (Fsp3) is 0.429. The van der Waals surface area contributed by atoms with Crippen molar-refractivity contribution in [3.63, 3.8) is 0 Å². The number of alkyl halides is 3. The molecular weight excluding hydrogens is 613 g/mol. The maximum absolute atomic E-state index is 14.0. The molecule has 47 heavy (non-hydrogen) atoms. The Bertz CT molecular complexity index is 1720. The summed E-state index contributed by atoms with van der Waals surface area (Å²) < 4.78 is 48.3. The Hall–Kier alpha value is -4.63. The minimum absolute atomic E-state index is 0.0150. The van der Waals surface area contributed by atoms with Gasteiger partial charge in [0, 0.05) is 30.6 Å². The Morgan fingerprint density at radius 1 is 1.19 bits per heavy atom. The van der Waals surface area contributed by atoms with Crippen LogP contribution in [0.4, 0.5) is 13.2 Å². The summed E-state index contributed by atoms with van der Waals surface area (Å²) in [7, 11) is 4.97. The first-order valence-corrected chi connectivity index (χ1v) is 15.1. The largest absolute Gasteiger partial charge is 0.496 e. The minimum atomic E-state index is -4.77. The van der Waals surface area contributed by atoms with E-state index in [0.29, 0.717) is 28.6 Å². The molecule has 12 heteroatoms. The molecule has 9 nitrogen and oxygen atoms in total. The summed E-state index contributed by atoms with van der Waals surface area (Å²) in [4.78, 5) is 45.3. The number of carboxylic acids is 1. The molecular formula is C35H41F3N4O5. The van der Waals surface area contributed by atoms with Crippen LogP contribution in [0.15, 0.2) is 41.5 Å². The van der Waals surface area contributed by atoms with Gasteiger partial charge in [-0.2, -0.15) is 13.2 Å². The van der Waals surface area contributed by atoms with E-state index in [2.05, 4.69) is 16.2 Å². The highest BCUT2D eigenvalue weighted by Crippen LogP contribution is 2.36. The summed E-state index contributed by atoms with van der Waals surface area (Å²) in [6.45, 7) is 7.64. The molecule has 3 rings (SSSR count). The average molecular weight is 655 g/mol. The molecule has 1 amide bonds. The second-order valence-electron chi connectivity index (χ2n) is 12.2. The van der Waals surface area contributed by atoms with Gasteiger partial charge in [0.2, 0.25) is 5.91 Å². The number of pyridine rings is 2. The molecule has 2 atom stereocenters. The van der Waals surface area contributed by atoms with Crippen molar-refractivity contribution in [2.75, 3.05) is 27.7 Å². The number of aryl methyl sites for hydroxylation is 1. The normalized spacial score (nSPS) is 12.9. The van der Waals surface area contributed by atoms with Gasteiger partial charge in [-0.25, -0.2) is 4.98 Å². The third-order valence-corrected chi connectivity index (χ3v) is 7.89. The maximum atomic E-state index is 14.0. The quantitative estimate of drug-likeness (QED) is 0.232. The molecule has 0 spiro atoms. The van der Waals surface area contributed by atoms with Crippen LogP contribution in [-0.2, 0) is 22.2 Å². The molecule has 0 aliphatic carbocycles. The number of rotatable bonds is 13. The number of hydrogen-bond acceptors (Lipinski definition) is 6. The Labute approximate surface area is 272 Å². The second kappa shape index (κ2) is 15.3. The SMILES string of the molecule is C#Cc1ncc([C@@H](CC(=O)O)NC(=O)[C@H](CC(C)C)n2cc(CCN(C)C)c(C(F)(F)F)cc2=O)cc1-c1c(C)ccc(OC)c1C. The van der Waals surface area contributed by atoms with E-state index in [4.69, 9.17) is 11.2 Å². The molecule has 0 saturated carbocycles. The van der Waals surface area contributed by atoms with Crippen molar-refractivity contribution in [1.82, 2.24) is 19.8 Å². The number of methoxy groups -OCH3 is 1. The van der Waals surface area contributed by atoms with Crippen LogP contribution in [0.1, 0.15) is 72.3 Å². The van der Waals surface area contributed by atoms with Gasteiger partial charge in [0.15, 0.2) is 0 Å². The zero-order valence-corrected chi connectivity index (χ0v) is 27.7. The topological polar surface area (TPSA) is 114 Å². The molecule has 3 aromatic rings.